The maximum atomic E-state index is 9.36. The first-order valence-electron chi connectivity index (χ1n) is 16.1. The third-order valence-corrected chi connectivity index (χ3v) is 8.94. The van der Waals surface area contributed by atoms with Crippen LogP contribution in [0, 0.1) is 11.3 Å². The molecule has 0 unspecified atom stereocenters. The first-order valence-corrected chi connectivity index (χ1v) is 16.1. The molecule has 2 aromatic heterocycles. The van der Waals surface area contributed by atoms with Crippen LogP contribution in [0.1, 0.15) is 5.56 Å². The standard InChI is InChI=1S/C44H26N4O/c45-27-28-10-9-16-33(24-28)29-18-20-32(21-19-29)43-46-42(31-13-5-2-6-14-31)47-44(48-43)35-22-23-37-38(26-35)49-39-25-34-15-7-8-17-36(34)40(41(37)39)30-11-3-1-4-12-30/h1-26H. The largest absolute Gasteiger partial charge is 0.456 e. The predicted molar refractivity (Wildman–Crippen MR) is 197 cm³/mol. The molecule has 9 aromatic rings. The molecule has 0 radical (unpaired) electrons. The molecule has 0 spiro atoms. The van der Waals surface area contributed by atoms with Crippen LogP contribution < -0.4 is 0 Å². The molecule has 0 N–H and O–H groups in total. The Morgan fingerprint density at radius 3 is 1.76 bits per heavy atom. The third-order valence-electron chi connectivity index (χ3n) is 8.94. The molecule has 0 saturated carbocycles. The van der Waals surface area contributed by atoms with Crippen molar-refractivity contribution in [1.29, 1.82) is 5.26 Å². The molecule has 0 aliphatic heterocycles. The fourth-order valence-electron chi connectivity index (χ4n) is 6.58. The van der Waals surface area contributed by atoms with Crippen molar-refractivity contribution in [1.82, 2.24) is 15.0 Å². The van der Waals surface area contributed by atoms with E-state index in [4.69, 9.17) is 19.4 Å². The van der Waals surface area contributed by atoms with E-state index >= 15 is 0 Å². The van der Waals surface area contributed by atoms with Crippen molar-refractivity contribution in [2.75, 3.05) is 0 Å². The van der Waals surface area contributed by atoms with E-state index in [1.807, 2.05) is 91.0 Å². The molecule has 9 rings (SSSR count). The van der Waals surface area contributed by atoms with Gasteiger partial charge in [0.2, 0.25) is 0 Å². The van der Waals surface area contributed by atoms with Gasteiger partial charge in [-0.1, -0.05) is 127 Å². The molecule has 0 atom stereocenters. The second-order valence-electron chi connectivity index (χ2n) is 12.0. The number of furan rings is 1. The van der Waals surface area contributed by atoms with Gasteiger partial charge in [0.25, 0.3) is 0 Å². The summed E-state index contributed by atoms with van der Waals surface area (Å²) in [5.41, 5.74) is 9.15. The van der Waals surface area contributed by atoms with Crippen LogP contribution in [-0.4, -0.2) is 15.0 Å². The Bertz CT molecular complexity index is 2710. The lowest BCUT2D eigenvalue weighted by Crippen LogP contribution is -2.00. The average molecular weight is 627 g/mol. The minimum absolute atomic E-state index is 0.561. The highest BCUT2D eigenvalue weighted by Gasteiger charge is 2.19. The molecular weight excluding hydrogens is 601 g/mol. The van der Waals surface area contributed by atoms with E-state index in [2.05, 4.69) is 72.8 Å². The SMILES string of the molecule is N#Cc1cccc(-c2ccc(-c3nc(-c4ccccc4)nc(-c4ccc5c(c4)oc4cc6ccccc6c(-c6ccccc6)c45)n3)cc2)c1. The molecule has 0 fully saturated rings. The second kappa shape index (κ2) is 11.7. The van der Waals surface area contributed by atoms with Crippen LogP contribution in [0.3, 0.4) is 0 Å². The Morgan fingerprint density at radius 2 is 1.02 bits per heavy atom. The summed E-state index contributed by atoms with van der Waals surface area (Å²) in [5, 5.41) is 13.8. The van der Waals surface area contributed by atoms with Crippen LogP contribution in [0.5, 0.6) is 0 Å². The molecule has 5 nitrogen and oxygen atoms in total. The molecule has 5 heteroatoms. The minimum Gasteiger partial charge on any atom is -0.456 e. The molecule has 0 saturated heterocycles. The Morgan fingerprint density at radius 1 is 0.429 bits per heavy atom. The van der Waals surface area contributed by atoms with Crippen LogP contribution in [0.15, 0.2) is 162 Å². The third kappa shape index (κ3) is 5.09. The van der Waals surface area contributed by atoms with Crippen LogP contribution >= 0.6 is 0 Å². The normalized spacial score (nSPS) is 11.2. The van der Waals surface area contributed by atoms with E-state index in [1.165, 1.54) is 5.39 Å². The zero-order valence-electron chi connectivity index (χ0n) is 26.2. The van der Waals surface area contributed by atoms with Crippen molar-refractivity contribution >= 4 is 32.7 Å². The lowest BCUT2D eigenvalue weighted by atomic mass is 9.93. The lowest BCUT2D eigenvalue weighted by molar-refractivity contribution is 0.669. The first kappa shape index (κ1) is 28.3. The van der Waals surface area contributed by atoms with Crippen LogP contribution in [0.2, 0.25) is 0 Å². The molecule has 2 heterocycles. The van der Waals surface area contributed by atoms with Gasteiger partial charge in [-0.2, -0.15) is 5.26 Å². The fraction of sp³-hybridized carbons (Fsp3) is 0. The molecule has 0 aliphatic rings. The molecule has 0 bridgehead atoms. The number of rotatable bonds is 5. The molecule has 49 heavy (non-hydrogen) atoms. The van der Waals surface area contributed by atoms with Crippen molar-refractivity contribution in [3.8, 4) is 62.5 Å². The van der Waals surface area contributed by atoms with E-state index in [0.29, 0.717) is 23.0 Å². The van der Waals surface area contributed by atoms with E-state index in [0.717, 1.165) is 66.3 Å². The number of hydrogen-bond donors (Lipinski definition) is 0. The highest BCUT2D eigenvalue weighted by Crippen LogP contribution is 2.42. The van der Waals surface area contributed by atoms with E-state index in [1.54, 1.807) is 0 Å². The van der Waals surface area contributed by atoms with Gasteiger partial charge >= 0.3 is 0 Å². The first-order chi connectivity index (χ1) is 24.2. The Kier molecular flexibility index (Phi) is 6.78. The summed E-state index contributed by atoms with van der Waals surface area (Å²) in [7, 11) is 0. The van der Waals surface area contributed by atoms with Crippen molar-refractivity contribution < 1.29 is 4.42 Å². The topological polar surface area (TPSA) is 75.6 Å². The van der Waals surface area contributed by atoms with Gasteiger partial charge < -0.3 is 4.42 Å². The Hall–Kier alpha value is -6.90. The summed E-state index contributed by atoms with van der Waals surface area (Å²) in [6.45, 7) is 0. The summed E-state index contributed by atoms with van der Waals surface area (Å²) in [6.07, 6.45) is 0. The zero-order chi connectivity index (χ0) is 32.7. The summed E-state index contributed by atoms with van der Waals surface area (Å²) in [4.78, 5) is 14.9. The highest BCUT2D eigenvalue weighted by atomic mass is 16.3. The van der Waals surface area contributed by atoms with Crippen LogP contribution in [0.25, 0.3) is 89.1 Å². The number of benzene rings is 7. The number of aromatic nitrogens is 3. The fourth-order valence-corrected chi connectivity index (χ4v) is 6.58. The number of nitrogens with zero attached hydrogens (tertiary/aromatic N) is 4. The Balaban J connectivity index is 1.20. The molecule has 0 amide bonds. The van der Waals surface area contributed by atoms with Gasteiger partial charge in [-0.25, -0.2) is 15.0 Å². The number of nitriles is 1. The number of fused-ring (bicyclic) bond motifs is 4. The summed E-state index contributed by atoms with van der Waals surface area (Å²) in [6, 6.07) is 55.2. The van der Waals surface area contributed by atoms with E-state index in [9.17, 15) is 5.26 Å². The summed E-state index contributed by atoms with van der Waals surface area (Å²) in [5.74, 6) is 1.72. The summed E-state index contributed by atoms with van der Waals surface area (Å²) >= 11 is 0. The average Bonchev–Trinajstić information content (AvgIpc) is 3.54. The van der Waals surface area contributed by atoms with Crippen LogP contribution in [0.4, 0.5) is 0 Å². The lowest BCUT2D eigenvalue weighted by Gasteiger charge is -2.10. The zero-order valence-corrected chi connectivity index (χ0v) is 26.2. The quantitative estimate of drug-likeness (QED) is 0.190. The monoisotopic (exact) mass is 626 g/mol. The number of hydrogen-bond acceptors (Lipinski definition) is 5. The van der Waals surface area contributed by atoms with Crippen molar-refractivity contribution in [3.05, 3.63) is 163 Å². The smallest absolute Gasteiger partial charge is 0.164 e. The van der Waals surface area contributed by atoms with E-state index in [-0.39, 0.29) is 0 Å². The molecular formula is C44H26N4O. The van der Waals surface area contributed by atoms with Crippen molar-refractivity contribution in [2.45, 2.75) is 0 Å². The van der Waals surface area contributed by atoms with Gasteiger partial charge in [-0.05, 0) is 57.8 Å². The molecule has 0 aliphatic carbocycles. The maximum absolute atomic E-state index is 9.36. The van der Waals surface area contributed by atoms with Gasteiger partial charge in [0.1, 0.15) is 11.2 Å². The van der Waals surface area contributed by atoms with Gasteiger partial charge in [-0.3, -0.25) is 0 Å². The minimum atomic E-state index is 0.561. The van der Waals surface area contributed by atoms with Crippen LogP contribution in [-0.2, 0) is 0 Å². The van der Waals surface area contributed by atoms with Gasteiger partial charge in [0.15, 0.2) is 17.5 Å². The van der Waals surface area contributed by atoms with Gasteiger partial charge in [-0.15, -0.1) is 0 Å². The predicted octanol–water partition coefficient (Wildman–Crippen LogP) is 11.1. The molecule has 228 valence electrons. The second-order valence-corrected chi connectivity index (χ2v) is 12.0. The van der Waals surface area contributed by atoms with Gasteiger partial charge in [0.05, 0.1) is 11.6 Å². The van der Waals surface area contributed by atoms with Crippen molar-refractivity contribution in [2.24, 2.45) is 0 Å². The maximum Gasteiger partial charge on any atom is 0.164 e. The van der Waals surface area contributed by atoms with Gasteiger partial charge in [0, 0.05) is 33.0 Å². The van der Waals surface area contributed by atoms with Crippen molar-refractivity contribution in [3.63, 3.8) is 0 Å². The Labute approximate surface area is 282 Å². The van der Waals surface area contributed by atoms with E-state index < -0.39 is 0 Å². The summed E-state index contributed by atoms with van der Waals surface area (Å²) < 4.78 is 6.60. The highest BCUT2D eigenvalue weighted by molar-refractivity contribution is 6.20. The molecule has 7 aromatic carbocycles.